The third-order valence-electron chi connectivity index (χ3n) is 3.89. The molecule has 1 fully saturated rings. The first kappa shape index (κ1) is 13.4. The van der Waals surface area contributed by atoms with Crippen LogP contribution in [0.1, 0.15) is 38.3 Å². The Morgan fingerprint density at radius 2 is 2.06 bits per heavy atom. The van der Waals surface area contributed by atoms with Crippen LogP contribution in [0.3, 0.4) is 0 Å². The first-order valence-corrected chi connectivity index (χ1v) is 6.37. The number of nitrogens with zero attached hydrogens (tertiary/aromatic N) is 1. The Labute approximate surface area is 107 Å². The fourth-order valence-electron chi connectivity index (χ4n) is 2.87. The van der Waals surface area contributed by atoms with Gasteiger partial charge in [0, 0.05) is 18.1 Å². The summed E-state index contributed by atoms with van der Waals surface area (Å²) in [4.78, 5) is 2.29. The van der Waals surface area contributed by atoms with Gasteiger partial charge in [-0.15, -0.1) is 0 Å². The smallest absolute Gasteiger partial charge is 0.159 e. The molecule has 2 rings (SSSR count). The third-order valence-corrected chi connectivity index (χ3v) is 3.89. The fraction of sp³-hybridized carbons (Fsp3) is 0.571. The summed E-state index contributed by atoms with van der Waals surface area (Å²) in [6, 6.07) is 4.03. The lowest BCUT2D eigenvalue weighted by atomic mass is 9.97. The molecule has 0 aromatic heterocycles. The van der Waals surface area contributed by atoms with Crippen molar-refractivity contribution < 1.29 is 8.78 Å². The number of nitrogens with two attached hydrogens (primary N) is 1. The molecule has 2 N–H and O–H groups in total. The van der Waals surface area contributed by atoms with Gasteiger partial charge in [-0.3, -0.25) is 4.90 Å². The minimum Gasteiger partial charge on any atom is -0.329 e. The van der Waals surface area contributed by atoms with Crippen LogP contribution in [0.4, 0.5) is 8.78 Å². The molecule has 0 bridgehead atoms. The highest BCUT2D eigenvalue weighted by atomic mass is 19.2. The number of benzene rings is 1. The van der Waals surface area contributed by atoms with Crippen molar-refractivity contribution in [2.75, 3.05) is 13.1 Å². The highest BCUT2D eigenvalue weighted by Crippen LogP contribution is 2.36. The van der Waals surface area contributed by atoms with Crippen LogP contribution < -0.4 is 5.73 Å². The maximum atomic E-state index is 13.3. The van der Waals surface area contributed by atoms with Gasteiger partial charge in [0.25, 0.3) is 0 Å². The van der Waals surface area contributed by atoms with Crippen molar-refractivity contribution in [3.05, 3.63) is 35.4 Å². The summed E-state index contributed by atoms with van der Waals surface area (Å²) in [5.41, 5.74) is 6.66. The van der Waals surface area contributed by atoms with Gasteiger partial charge >= 0.3 is 0 Å². The predicted octanol–water partition coefficient (Wildman–Crippen LogP) is 2.84. The largest absolute Gasteiger partial charge is 0.329 e. The van der Waals surface area contributed by atoms with Crippen LogP contribution in [0.5, 0.6) is 0 Å². The van der Waals surface area contributed by atoms with E-state index in [2.05, 4.69) is 18.7 Å². The standard InChI is InChI=1S/C14H20F2N2/c1-14(2)6-3-7-18(14)13(9-17)10-4-5-11(15)12(16)8-10/h4-5,8,13H,3,6-7,9,17H2,1-2H3. The molecule has 1 aromatic rings. The maximum absolute atomic E-state index is 13.3. The molecule has 1 saturated heterocycles. The zero-order valence-corrected chi connectivity index (χ0v) is 10.9. The molecule has 1 aliphatic heterocycles. The Bertz CT molecular complexity index is 432. The lowest BCUT2D eigenvalue weighted by Gasteiger charge is -2.38. The SMILES string of the molecule is CC1(C)CCCN1C(CN)c1ccc(F)c(F)c1. The number of likely N-dealkylation sites (tertiary alicyclic amines) is 1. The molecule has 18 heavy (non-hydrogen) atoms. The summed E-state index contributed by atoms with van der Waals surface area (Å²) < 4.78 is 26.3. The average Bonchev–Trinajstić information content (AvgIpc) is 2.65. The number of rotatable bonds is 3. The van der Waals surface area contributed by atoms with Crippen molar-refractivity contribution in [2.45, 2.75) is 38.3 Å². The van der Waals surface area contributed by atoms with Crippen LogP contribution in [0, 0.1) is 11.6 Å². The molecular formula is C14H20F2N2. The van der Waals surface area contributed by atoms with Gasteiger partial charge in [-0.2, -0.15) is 0 Å². The van der Waals surface area contributed by atoms with Crippen molar-refractivity contribution in [1.29, 1.82) is 0 Å². The fourth-order valence-corrected chi connectivity index (χ4v) is 2.87. The summed E-state index contributed by atoms with van der Waals surface area (Å²) in [5.74, 6) is -1.61. The van der Waals surface area contributed by atoms with E-state index in [1.165, 1.54) is 12.1 Å². The van der Waals surface area contributed by atoms with E-state index in [0.717, 1.165) is 24.9 Å². The molecule has 1 aromatic carbocycles. The second-order valence-electron chi connectivity index (χ2n) is 5.53. The lowest BCUT2D eigenvalue weighted by Crippen LogP contribution is -2.43. The highest BCUT2D eigenvalue weighted by molar-refractivity contribution is 5.22. The van der Waals surface area contributed by atoms with E-state index in [0.29, 0.717) is 6.54 Å². The maximum Gasteiger partial charge on any atom is 0.159 e. The summed E-state index contributed by atoms with van der Waals surface area (Å²) in [6.45, 7) is 5.70. The molecular weight excluding hydrogens is 234 g/mol. The molecule has 4 heteroatoms. The van der Waals surface area contributed by atoms with Gasteiger partial charge in [0.05, 0.1) is 0 Å². The molecule has 0 saturated carbocycles. The normalized spacial score (nSPS) is 21.2. The van der Waals surface area contributed by atoms with Crippen LogP contribution in [-0.2, 0) is 0 Å². The van der Waals surface area contributed by atoms with E-state index in [9.17, 15) is 8.78 Å². The minimum atomic E-state index is -0.810. The van der Waals surface area contributed by atoms with Crippen molar-refractivity contribution in [3.8, 4) is 0 Å². The van der Waals surface area contributed by atoms with Crippen molar-refractivity contribution in [1.82, 2.24) is 4.90 Å². The predicted molar refractivity (Wildman–Crippen MR) is 68.2 cm³/mol. The van der Waals surface area contributed by atoms with Gasteiger partial charge < -0.3 is 5.73 Å². The molecule has 2 nitrogen and oxygen atoms in total. The Morgan fingerprint density at radius 1 is 1.33 bits per heavy atom. The van der Waals surface area contributed by atoms with Gasteiger partial charge in [0.1, 0.15) is 0 Å². The molecule has 100 valence electrons. The van der Waals surface area contributed by atoms with E-state index in [1.807, 2.05) is 0 Å². The topological polar surface area (TPSA) is 29.3 Å². The molecule has 0 radical (unpaired) electrons. The number of hydrogen-bond donors (Lipinski definition) is 1. The zero-order valence-electron chi connectivity index (χ0n) is 10.9. The van der Waals surface area contributed by atoms with Crippen LogP contribution in [0.15, 0.2) is 18.2 Å². The molecule has 1 aliphatic rings. The highest BCUT2D eigenvalue weighted by Gasteiger charge is 2.36. The Balaban J connectivity index is 2.30. The van der Waals surface area contributed by atoms with Gasteiger partial charge in [-0.05, 0) is 50.9 Å². The summed E-state index contributed by atoms with van der Waals surface area (Å²) in [6.07, 6.45) is 2.22. The lowest BCUT2D eigenvalue weighted by molar-refractivity contribution is 0.119. The molecule has 1 heterocycles. The number of hydrogen-bond acceptors (Lipinski definition) is 2. The summed E-state index contributed by atoms with van der Waals surface area (Å²) in [7, 11) is 0. The van der Waals surface area contributed by atoms with E-state index < -0.39 is 11.6 Å². The number of halogens is 2. The van der Waals surface area contributed by atoms with Crippen LogP contribution in [0.25, 0.3) is 0 Å². The summed E-state index contributed by atoms with van der Waals surface area (Å²) >= 11 is 0. The van der Waals surface area contributed by atoms with Crippen LogP contribution in [-0.4, -0.2) is 23.5 Å². The minimum absolute atomic E-state index is 0.0439. The third kappa shape index (κ3) is 2.40. The Hall–Kier alpha value is -1.00. The molecule has 1 atom stereocenters. The van der Waals surface area contributed by atoms with Crippen molar-refractivity contribution >= 4 is 0 Å². The Kier molecular flexibility index (Phi) is 3.69. The second-order valence-corrected chi connectivity index (χ2v) is 5.53. The van der Waals surface area contributed by atoms with Gasteiger partial charge in [0.15, 0.2) is 11.6 Å². The molecule has 0 spiro atoms. The molecule has 0 amide bonds. The van der Waals surface area contributed by atoms with Gasteiger partial charge in [0.2, 0.25) is 0 Å². The summed E-state index contributed by atoms with van der Waals surface area (Å²) in [5, 5.41) is 0. The van der Waals surface area contributed by atoms with E-state index >= 15 is 0 Å². The zero-order chi connectivity index (χ0) is 13.3. The molecule has 0 aliphatic carbocycles. The average molecular weight is 254 g/mol. The first-order chi connectivity index (χ1) is 8.45. The first-order valence-electron chi connectivity index (χ1n) is 6.37. The van der Waals surface area contributed by atoms with Crippen LogP contribution in [0.2, 0.25) is 0 Å². The quantitative estimate of drug-likeness (QED) is 0.898. The molecule has 1 unspecified atom stereocenters. The van der Waals surface area contributed by atoms with E-state index in [1.54, 1.807) is 6.07 Å². The van der Waals surface area contributed by atoms with Gasteiger partial charge in [-0.25, -0.2) is 8.78 Å². The van der Waals surface area contributed by atoms with Crippen molar-refractivity contribution in [2.24, 2.45) is 5.73 Å². The Morgan fingerprint density at radius 3 is 2.56 bits per heavy atom. The van der Waals surface area contributed by atoms with Crippen molar-refractivity contribution in [3.63, 3.8) is 0 Å². The van der Waals surface area contributed by atoms with Gasteiger partial charge in [-0.1, -0.05) is 6.07 Å². The van der Waals surface area contributed by atoms with E-state index in [4.69, 9.17) is 5.73 Å². The van der Waals surface area contributed by atoms with E-state index in [-0.39, 0.29) is 11.6 Å². The second kappa shape index (κ2) is 4.94. The monoisotopic (exact) mass is 254 g/mol. The van der Waals surface area contributed by atoms with Crippen LogP contribution >= 0.6 is 0 Å².